The Morgan fingerprint density at radius 3 is 2.76 bits per heavy atom. The normalized spacial score (nSPS) is 11.7. The minimum Gasteiger partial charge on any atom is -0.480 e. The van der Waals surface area contributed by atoms with Crippen LogP contribution in [0, 0.1) is 25.2 Å². The van der Waals surface area contributed by atoms with Crippen molar-refractivity contribution in [3.8, 4) is 6.07 Å². The monoisotopic (exact) mass is 327 g/mol. The Labute approximate surface area is 131 Å². The van der Waals surface area contributed by atoms with Gasteiger partial charge in [-0.3, -0.25) is 9.59 Å². The number of thiophene rings is 1. The van der Waals surface area contributed by atoms with Crippen LogP contribution in [0.1, 0.15) is 22.4 Å². The molecule has 1 amide bonds. The number of nitrogens with two attached hydrogens (primary N) is 1. The zero-order chi connectivity index (χ0) is 16.0. The molecule has 114 valence electrons. The highest BCUT2D eigenvalue weighted by Gasteiger charge is 2.15. The number of aryl methyl sites for hydroxylation is 1. The molecular weight excluding hydrogens is 310 g/mol. The predicted octanol–water partition coefficient (Wildman–Crippen LogP) is 1.71. The van der Waals surface area contributed by atoms with Crippen LogP contribution >= 0.6 is 23.1 Å². The van der Waals surface area contributed by atoms with E-state index in [4.69, 9.17) is 16.1 Å². The fourth-order valence-corrected chi connectivity index (χ4v) is 3.36. The summed E-state index contributed by atoms with van der Waals surface area (Å²) in [5.74, 6) is -0.549. The number of carboxylic acid groups (broad SMARTS) is 1. The fourth-order valence-electron chi connectivity index (χ4n) is 1.51. The zero-order valence-corrected chi connectivity index (χ0v) is 13.4. The third-order valence-electron chi connectivity index (χ3n) is 2.87. The summed E-state index contributed by atoms with van der Waals surface area (Å²) in [6, 6.07) is 1.20. The zero-order valence-electron chi connectivity index (χ0n) is 11.8. The number of hydrogen-bond donors (Lipinski definition) is 3. The Morgan fingerprint density at radius 1 is 1.52 bits per heavy atom. The third-order valence-corrected chi connectivity index (χ3v) is 4.99. The summed E-state index contributed by atoms with van der Waals surface area (Å²) in [6.45, 7) is 3.75. The van der Waals surface area contributed by atoms with Crippen molar-refractivity contribution in [3.05, 3.63) is 16.0 Å². The number of anilines is 1. The van der Waals surface area contributed by atoms with Gasteiger partial charge in [-0.25, -0.2) is 0 Å². The van der Waals surface area contributed by atoms with Crippen molar-refractivity contribution in [1.29, 1.82) is 5.26 Å². The third kappa shape index (κ3) is 5.04. The first-order chi connectivity index (χ1) is 9.86. The molecular formula is C13H17N3O3S2. The molecule has 8 heteroatoms. The van der Waals surface area contributed by atoms with Crippen molar-refractivity contribution < 1.29 is 14.7 Å². The van der Waals surface area contributed by atoms with Crippen LogP contribution in [0.25, 0.3) is 0 Å². The van der Waals surface area contributed by atoms with Crippen molar-refractivity contribution in [3.63, 3.8) is 0 Å². The van der Waals surface area contributed by atoms with E-state index in [0.717, 1.165) is 10.4 Å². The summed E-state index contributed by atoms with van der Waals surface area (Å²) >= 11 is 2.70. The lowest BCUT2D eigenvalue weighted by Crippen LogP contribution is -2.30. The predicted molar refractivity (Wildman–Crippen MR) is 84.7 cm³/mol. The standard InChI is InChI=1S/C13H17N3O3S2/c1-7-8(2)21-12(9(7)5-14)16-11(17)6-20-4-3-10(15)13(18)19/h10H,3-4,6,15H2,1-2H3,(H,16,17)(H,18,19). The van der Waals surface area contributed by atoms with Gasteiger partial charge in [0, 0.05) is 4.88 Å². The molecule has 0 radical (unpaired) electrons. The van der Waals surface area contributed by atoms with Crippen molar-refractivity contribution in [2.45, 2.75) is 26.3 Å². The number of aliphatic carboxylic acids is 1. The van der Waals surface area contributed by atoms with Crippen LogP contribution in [0.2, 0.25) is 0 Å². The van der Waals surface area contributed by atoms with Gasteiger partial charge in [-0.1, -0.05) is 0 Å². The van der Waals surface area contributed by atoms with Crippen molar-refractivity contribution in [1.82, 2.24) is 0 Å². The van der Waals surface area contributed by atoms with Gasteiger partial charge in [-0.15, -0.1) is 11.3 Å². The van der Waals surface area contributed by atoms with Crippen molar-refractivity contribution >= 4 is 40.0 Å². The molecule has 0 saturated heterocycles. The molecule has 1 heterocycles. The van der Waals surface area contributed by atoms with E-state index in [9.17, 15) is 9.59 Å². The summed E-state index contributed by atoms with van der Waals surface area (Å²) in [5.41, 5.74) is 6.76. The average Bonchev–Trinajstić information content (AvgIpc) is 2.68. The largest absolute Gasteiger partial charge is 0.480 e. The van der Waals surface area contributed by atoms with Gasteiger partial charge in [0.15, 0.2) is 0 Å². The molecule has 0 aliphatic carbocycles. The number of thioether (sulfide) groups is 1. The van der Waals surface area contributed by atoms with Gasteiger partial charge in [0.1, 0.15) is 17.1 Å². The molecule has 21 heavy (non-hydrogen) atoms. The maximum absolute atomic E-state index is 11.8. The highest BCUT2D eigenvalue weighted by atomic mass is 32.2. The van der Waals surface area contributed by atoms with Gasteiger partial charge in [-0.2, -0.15) is 17.0 Å². The lowest BCUT2D eigenvalue weighted by molar-refractivity contribution is -0.138. The molecule has 0 aromatic carbocycles. The Balaban J connectivity index is 2.43. The maximum atomic E-state index is 11.8. The number of amides is 1. The molecule has 4 N–H and O–H groups in total. The lowest BCUT2D eigenvalue weighted by Gasteiger charge is -2.06. The van der Waals surface area contributed by atoms with Gasteiger partial charge in [0.2, 0.25) is 5.91 Å². The van der Waals surface area contributed by atoms with Crippen LogP contribution in [0.4, 0.5) is 5.00 Å². The van der Waals surface area contributed by atoms with Crippen LogP contribution in [0.5, 0.6) is 0 Å². The maximum Gasteiger partial charge on any atom is 0.320 e. The van der Waals surface area contributed by atoms with Gasteiger partial charge in [-0.05, 0) is 31.6 Å². The van der Waals surface area contributed by atoms with Gasteiger partial charge < -0.3 is 16.2 Å². The molecule has 0 aliphatic rings. The second-order valence-corrected chi connectivity index (χ2v) is 6.76. The first kappa shape index (κ1) is 17.5. The van der Waals surface area contributed by atoms with E-state index in [0.29, 0.717) is 22.7 Å². The molecule has 0 aliphatic heterocycles. The SMILES string of the molecule is Cc1sc(NC(=O)CSCCC(N)C(=O)O)c(C#N)c1C. The number of nitriles is 1. The summed E-state index contributed by atoms with van der Waals surface area (Å²) in [5, 5.41) is 21.0. The number of hydrogen-bond acceptors (Lipinski definition) is 6. The average molecular weight is 327 g/mol. The molecule has 0 spiro atoms. The smallest absolute Gasteiger partial charge is 0.320 e. The number of carbonyl (C=O) groups excluding carboxylic acids is 1. The molecule has 6 nitrogen and oxygen atoms in total. The number of carbonyl (C=O) groups is 2. The molecule has 0 saturated carbocycles. The van der Waals surface area contributed by atoms with Crippen LogP contribution in [0.15, 0.2) is 0 Å². The van der Waals surface area contributed by atoms with Gasteiger partial charge in [0.05, 0.1) is 11.3 Å². The second kappa shape index (κ2) is 8.02. The molecule has 1 aromatic heterocycles. The molecule has 1 unspecified atom stereocenters. The number of carboxylic acids is 1. The first-order valence-corrected chi connectivity index (χ1v) is 8.20. The van der Waals surface area contributed by atoms with Crippen LogP contribution in [-0.2, 0) is 9.59 Å². The number of rotatable bonds is 7. The van der Waals surface area contributed by atoms with Crippen LogP contribution < -0.4 is 11.1 Å². The number of nitrogens with zero attached hydrogens (tertiary/aromatic N) is 1. The van der Waals surface area contributed by atoms with E-state index in [1.165, 1.54) is 23.1 Å². The van der Waals surface area contributed by atoms with E-state index in [2.05, 4.69) is 11.4 Å². The molecule has 0 fully saturated rings. The quantitative estimate of drug-likeness (QED) is 0.656. The summed E-state index contributed by atoms with van der Waals surface area (Å²) in [7, 11) is 0. The van der Waals surface area contributed by atoms with Crippen molar-refractivity contribution in [2.24, 2.45) is 5.73 Å². The van der Waals surface area contributed by atoms with E-state index < -0.39 is 12.0 Å². The minimum absolute atomic E-state index is 0.202. The lowest BCUT2D eigenvalue weighted by atomic mass is 10.2. The van der Waals surface area contributed by atoms with E-state index in [1.807, 2.05) is 13.8 Å². The van der Waals surface area contributed by atoms with Crippen LogP contribution in [0.3, 0.4) is 0 Å². The number of nitrogens with one attached hydrogen (secondary N) is 1. The molecule has 1 rings (SSSR count). The van der Waals surface area contributed by atoms with Crippen molar-refractivity contribution in [2.75, 3.05) is 16.8 Å². The molecule has 1 aromatic rings. The second-order valence-electron chi connectivity index (χ2n) is 4.43. The van der Waals surface area contributed by atoms with E-state index in [-0.39, 0.29) is 11.7 Å². The summed E-state index contributed by atoms with van der Waals surface area (Å²) in [6.07, 6.45) is 0.313. The minimum atomic E-state index is -1.04. The van der Waals surface area contributed by atoms with E-state index in [1.54, 1.807) is 0 Å². The fraction of sp³-hybridized carbons (Fsp3) is 0.462. The van der Waals surface area contributed by atoms with Gasteiger partial charge in [0.25, 0.3) is 0 Å². The Morgan fingerprint density at radius 2 is 2.19 bits per heavy atom. The van der Waals surface area contributed by atoms with Crippen LogP contribution in [-0.4, -0.2) is 34.5 Å². The molecule has 1 atom stereocenters. The van der Waals surface area contributed by atoms with E-state index >= 15 is 0 Å². The highest BCUT2D eigenvalue weighted by Crippen LogP contribution is 2.31. The Hall–Kier alpha value is -1.56. The summed E-state index contributed by atoms with van der Waals surface area (Å²) < 4.78 is 0. The Kier molecular flexibility index (Phi) is 6.68. The summed E-state index contributed by atoms with van der Waals surface area (Å²) in [4.78, 5) is 23.3. The topological polar surface area (TPSA) is 116 Å². The highest BCUT2D eigenvalue weighted by molar-refractivity contribution is 7.99. The Bertz CT molecular complexity index is 578. The first-order valence-electron chi connectivity index (χ1n) is 6.22. The molecule has 0 bridgehead atoms. The van der Waals surface area contributed by atoms with Gasteiger partial charge >= 0.3 is 5.97 Å².